The minimum absolute atomic E-state index is 0.103. The number of nitrogens with one attached hydrogen (secondary N) is 1. The van der Waals surface area contributed by atoms with E-state index in [1.807, 2.05) is 13.0 Å². The van der Waals surface area contributed by atoms with Crippen molar-refractivity contribution in [3.8, 4) is 0 Å². The van der Waals surface area contributed by atoms with Gasteiger partial charge in [0.05, 0.1) is 16.5 Å². The van der Waals surface area contributed by atoms with Crippen LogP contribution in [0, 0.1) is 29.9 Å². The second-order valence-corrected chi connectivity index (χ2v) is 6.78. The van der Waals surface area contributed by atoms with Crippen molar-refractivity contribution in [2.75, 3.05) is 5.32 Å². The number of allylic oxidation sites excluding steroid dienone is 2. The molecule has 0 bridgehead atoms. The first-order valence-electron chi connectivity index (χ1n) is 8.34. The highest BCUT2D eigenvalue weighted by Crippen LogP contribution is 2.53. The lowest BCUT2D eigenvalue weighted by Gasteiger charge is -2.38. The average molecular weight is 320 g/mol. The van der Waals surface area contributed by atoms with E-state index in [0.29, 0.717) is 5.92 Å². The fourth-order valence-electron chi connectivity index (χ4n) is 4.24. The molecule has 2 aromatic carbocycles. The van der Waals surface area contributed by atoms with E-state index in [-0.39, 0.29) is 22.6 Å². The van der Waals surface area contributed by atoms with Crippen LogP contribution in [-0.2, 0) is 0 Å². The van der Waals surface area contributed by atoms with Gasteiger partial charge in [-0.25, -0.2) is 0 Å². The number of nitro groups is 1. The van der Waals surface area contributed by atoms with Crippen LogP contribution in [0.3, 0.4) is 0 Å². The second-order valence-electron chi connectivity index (χ2n) is 6.78. The van der Waals surface area contributed by atoms with Crippen LogP contribution in [0.15, 0.2) is 48.6 Å². The molecule has 1 N–H and O–H groups in total. The minimum atomic E-state index is -0.253. The molecule has 4 heteroatoms. The van der Waals surface area contributed by atoms with Crippen LogP contribution >= 0.6 is 0 Å². The minimum Gasteiger partial charge on any atom is -0.377 e. The topological polar surface area (TPSA) is 55.2 Å². The fourth-order valence-corrected chi connectivity index (χ4v) is 4.24. The van der Waals surface area contributed by atoms with Gasteiger partial charge in [-0.05, 0) is 42.9 Å². The first-order valence-corrected chi connectivity index (χ1v) is 8.34. The number of fused-ring (bicyclic) bond motifs is 3. The number of rotatable bonds is 2. The largest absolute Gasteiger partial charge is 0.377 e. The summed E-state index contributed by atoms with van der Waals surface area (Å²) in [4.78, 5) is 11.3. The van der Waals surface area contributed by atoms with Gasteiger partial charge in [0.25, 0.3) is 5.69 Å². The van der Waals surface area contributed by atoms with Crippen LogP contribution in [0.25, 0.3) is 0 Å². The molecule has 1 aliphatic heterocycles. The Morgan fingerprint density at radius 2 is 1.92 bits per heavy atom. The molecule has 0 amide bonds. The first kappa shape index (κ1) is 14.9. The van der Waals surface area contributed by atoms with Crippen molar-refractivity contribution < 1.29 is 4.92 Å². The number of anilines is 1. The van der Waals surface area contributed by atoms with Crippen LogP contribution in [0.2, 0.25) is 0 Å². The normalized spacial score (nSPS) is 24.2. The third-order valence-electron chi connectivity index (χ3n) is 5.43. The monoisotopic (exact) mass is 320 g/mol. The molecule has 0 saturated heterocycles. The van der Waals surface area contributed by atoms with Crippen molar-refractivity contribution >= 4 is 11.4 Å². The Balaban J connectivity index is 1.90. The maximum Gasteiger partial charge on any atom is 0.275 e. The summed E-state index contributed by atoms with van der Waals surface area (Å²) < 4.78 is 0. The van der Waals surface area contributed by atoms with E-state index in [2.05, 4.69) is 48.7 Å². The summed E-state index contributed by atoms with van der Waals surface area (Å²) in [7, 11) is 0. The Hall–Kier alpha value is -2.62. The van der Waals surface area contributed by atoms with Crippen molar-refractivity contribution in [3.63, 3.8) is 0 Å². The molecule has 0 aromatic heterocycles. The Morgan fingerprint density at radius 1 is 1.12 bits per heavy atom. The Bertz CT molecular complexity index is 857. The van der Waals surface area contributed by atoms with Gasteiger partial charge in [0, 0.05) is 17.7 Å². The first-order chi connectivity index (χ1) is 11.6. The molecule has 0 fully saturated rings. The van der Waals surface area contributed by atoms with Crippen LogP contribution in [0.1, 0.15) is 40.6 Å². The number of benzene rings is 2. The molecule has 2 aliphatic rings. The molecular weight excluding hydrogens is 300 g/mol. The Kier molecular flexibility index (Phi) is 3.41. The zero-order valence-electron chi connectivity index (χ0n) is 13.8. The van der Waals surface area contributed by atoms with Crippen molar-refractivity contribution in [1.29, 1.82) is 0 Å². The number of aryl methyl sites for hydroxylation is 2. The van der Waals surface area contributed by atoms with E-state index in [4.69, 9.17) is 0 Å². The van der Waals surface area contributed by atoms with Crippen LogP contribution in [0.4, 0.5) is 11.4 Å². The smallest absolute Gasteiger partial charge is 0.275 e. The molecular formula is C20H20N2O2. The molecule has 1 aliphatic carbocycles. The zero-order chi connectivity index (χ0) is 16.8. The van der Waals surface area contributed by atoms with Crippen molar-refractivity contribution in [2.45, 2.75) is 32.2 Å². The average Bonchev–Trinajstić information content (AvgIpc) is 3.05. The van der Waals surface area contributed by atoms with Gasteiger partial charge < -0.3 is 5.32 Å². The number of hydrogen-bond donors (Lipinski definition) is 1. The molecule has 3 atom stereocenters. The molecule has 0 radical (unpaired) electrons. The van der Waals surface area contributed by atoms with E-state index in [1.54, 1.807) is 6.07 Å². The van der Waals surface area contributed by atoms with Gasteiger partial charge in [0.1, 0.15) is 0 Å². The third-order valence-corrected chi connectivity index (χ3v) is 5.43. The second kappa shape index (κ2) is 5.48. The van der Waals surface area contributed by atoms with Crippen LogP contribution < -0.4 is 5.32 Å². The van der Waals surface area contributed by atoms with E-state index in [0.717, 1.165) is 23.2 Å². The predicted molar refractivity (Wildman–Crippen MR) is 95.4 cm³/mol. The fraction of sp³-hybridized carbons (Fsp3) is 0.300. The zero-order valence-corrected chi connectivity index (χ0v) is 13.8. The molecule has 24 heavy (non-hydrogen) atoms. The van der Waals surface area contributed by atoms with Gasteiger partial charge in [-0.1, -0.05) is 42.5 Å². The summed E-state index contributed by atoms with van der Waals surface area (Å²) in [6.45, 7) is 4.15. The number of nitrogens with zero attached hydrogens (tertiary/aromatic N) is 1. The molecule has 122 valence electrons. The van der Waals surface area contributed by atoms with E-state index >= 15 is 0 Å². The predicted octanol–water partition coefficient (Wildman–Crippen LogP) is 5.04. The maximum absolute atomic E-state index is 11.5. The maximum atomic E-state index is 11.5. The molecule has 4 nitrogen and oxygen atoms in total. The van der Waals surface area contributed by atoms with Crippen LogP contribution in [0.5, 0.6) is 0 Å². The summed E-state index contributed by atoms with van der Waals surface area (Å²) in [5.74, 6) is 0.422. The molecule has 1 heterocycles. The van der Waals surface area contributed by atoms with E-state index in [9.17, 15) is 10.1 Å². The lowest BCUT2D eigenvalue weighted by molar-refractivity contribution is -0.385. The quantitative estimate of drug-likeness (QED) is 0.479. The summed E-state index contributed by atoms with van der Waals surface area (Å²) in [6, 6.07) is 12.1. The molecule has 3 unspecified atom stereocenters. The number of nitro benzene ring substituents is 1. The highest BCUT2D eigenvalue weighted by atomic mass is 16.6. The molecule has 0 spiro atoms. The van der Waals surface area contributed by atoms with Crippen LogP contribution in [-0.4, -0.2) is 4.92 Å². The highest BCUT2D eigenvalue weighted by Gasteiger charge is 2.42. The van der Waals surface area contributed by atoms with E-state index in [1.165, 1.54) is 11.1 Å². The third kappa shape index (κ3) is 2.13. The van der Waals surface area contributed by atoms with Gasteiger partial charge in [0.2, 0.25) is 0 Å². The van der Waals surface area contributed by atoms with Crippen molar-refractivity contribution in [1.82, 2.24) is 0 Å². The number of hydrogen-bond acceptors (Lipinski definition) is 3. The standard InChI is InChI=1S/C20H20N2O2/c1-12-6-3-4-7-14(12)20-16-9-5-8-15(16)18-17(22(23)24)11-10-13(2)19(18)21-20/h3-8,10-11,15-16,20-21H,9H2,1-2H3. The molecule has 2 aromatic rings. The lowest BCUT2D eigenvalue weighted by Crippen LogP contribution is -2.30. The Morgan fingerprint density at radius 3 is 2.67 bits per heavy atom. The van der Waals surface area contributed by atoms with Gasteiger partial charge in [-0.15, -0.1) is 0 Å². The van der Waals surface area contributed by atoms with E-state index < -0.39 is 0 Å². The highest BCUT2D eigenvalue weighted by molar-refractivity contribution is 5.70. The van der Waals surface area contributed by atoms with Crippen molar-refractivity contribution in [2.24, 2.45) is 5.92 Å². The molecule has 4 rings (SSSR count). The summed E-state index contributed by atoms with van der Waals surface area (Å²) >= 11 is 0. The summed E-state index contributed by atoms with van der Waals surface area (Å²) in [5.41, 5.74) is 5.62. The van der Waals surface area contributed by atoms with Gasteiger partial charge in [-0.2, -0.15) is 0 Å². The molecule has 0 saturated carbocycles. The van der Waals surface area contributed by atoms with Gasteiger partial charge >= 0.3 is 0 Å². The van der Waals surface area contributed by atoms with Gasteiger partial charge in [-0.3, -0.25) is 10.1 Å². The van der Waals surface area contributed by atoms with Gasteiger partial charge in [0.15, 0.2) is 0 Å². The summed E-state index contributed by atoms with van der Waals surface area (Å²) in [6.07, 6.45) is 5.27. The summed E-state index contributed by atoms with van der Waals surface area (Å²) in [5, 5.41) is 15.2. The Labute approximate surface area is 141 Å². The lowest BCUT2D eigenvalue weighted by atomic mass is 9.75. The van der Waals surface area contributed by atoms with Crippen molar-refractivity contribution in [3.05, 3.63) is 80.9 Å². The SMILES string of the molecule is Cc1ccccc1C1Nc2c(C)ccc([N+](=O)[O-])c2C2C=CCC21.